The molecule has 3 aromatic carbocycles. The van der Waals surface area contributed by atoms with Crippen molar-refractivity contribution in [3.8, 4) is 5.75 Å². The number of hydrogen-bond donors (Lipinski definition) is 1. The highest BCUT2D eigenvalue weighted by molar-refractivity contribution is 9.10. The number of amides is 3. The van der Waals surface area contributed by atoms with Crippen molar-refractivity contribution in [2.24, 2.45) is 0 Å². The Balaban J connectivity index is 1.40. The summed E-state index contributed by atoms with van der Waals surface area (Å²) in [7, 11) is 0. The van der Waals surface area contributed by atoms with Crippen LogP contribution in [0.1, 0.15) is 22.3 Å². The number of thioether (sulfide) groups is 1. The van der Waals surface area contributed by atoms with Gasteiger partial charge in [-0.1, -0.05) is 41.4 Å². The predicted octanol–water partition coefficient (Wildman–Crippen LogP) is 7.63. The van der Waals surface area contributed by atoms with E-state index in [1.165, 1.54) is 0 Å². The average molecular weight is 620 g/mol. The summed E-state index contributed by atoms with van der Waals surface area (Å²) in [6, 6.07) is 16.1. The number of ether oxygens (including phenoxy) is 1. The third-order valence-corrected chi connectivity index (χ3v) is 7.45. The second-order valence-electron chi connectivity index (χ2n) is 8.41. The molecule has 1 aliphatic heterocycles. The second kappa shape index (κ2) is 11.7. The monoisotopic (exact) mass is 618 g/mol. The van der Waals surface area contributed by atoms with Gasteiger partial charge in [0.1, 0.15) is 18.9 Å². The van der Waals surface area contributed by atoms with Crippen LogP contribution < -0.4 is 10.1 Å². The largest absolute Gasteiger partial charge is 0.488 e. The Morgan fingerprint density at radius 1 is 1.05 bits per heavy atom. The first-order valence-corrected chi connectivity index (χ1v) is 13.5. The van der Waals surface area contributed by atoms with Gasteiger partial charge in [-0.25, -0.2) is 0 Å². The Morgan fingerprint density at radius 3 is 2.46 bits per heavy atom. The zero-order valence-electron chi connectivity index (χ0n) is 19.8. The third kappa shape index (κ3) is 6.96. The molecular formula is C27H21BrCl2N2O4S. The molecule has 1 fully saturated rings. The van der Waals surface area contributed by atoms with Gasteiger partial charge in [-0.15, -0.1) is 0 Å². The topological polar surface area (TPSA) is 75.7 Å². The van der Waals surface area contributed by atoms with E-state index in [0.717, 1.165) is 33.4 Å². The molecule has 0 radical (unpaired) electrons. The Bertz CT molecular complexity index is 1420. The number of benzene rings is 3. The fraction of sp³-hybridized carbons (Fsp3) is 0.148. The minimum Gasteiger partial charge on any atom is -0.488 e. The van der Waals surface area contributed by atoms with Crippen LogP contribution in [0.5, 0.6) is 5.75 Å². The van der Waals surface area contributed by atoms with E-state index in [0.29, 0.717) is 31.5 Å². The summed E-state index contributed by atoms with van der Waals surface area (Å²) in [5, 5.41) is 3.32. The molecule has 0 atom stereocenters. The Kier molecular flexibility index (Phi) is 8.64. The van der Waals surface area contributed by atoms with Gasteiger partial charge in [-0.2, -0.15) is 0 Å². The van der Waals surface area contributed by atoms with E-state index in [9.17, 15) is 14.4 Å². The fourth-order valence-corrected chi connectivity index (χ4v) is 5.51. The SMILES string of the molecule is Cc1cc(C)cc(NC(=O)CN2C(=O)S/C(=C/c3ccc(OCc4ccc(Cl)cc4Cl)c(Br)c3)C2=O)c1. The lowest BCUT2D eigenvalue weighted by atomic mass is 10.1. The van der Waals surface area contributed by atoms with Crippen molar-refractivity contribution in [1.29, 1.82) is 0 Å². The van der Waals surface area contributed by atoms with Gasteiger partial charge >= 0.3 is 0 Å². The number of rotatable bonds is 7. The Hall–Kier alpha value is -2.78. The molecule has 1 heterocycles. The van der Waals surface area contributed by atoms with E-state index in [2.05, 4.69) is 21.2 Å². The van der Waals surface area contributed by atoms with Crippen LogP contribution in [0.15, 0.2) is 64.0 Å². The standard InChI is InChI=1S/C27H21BrCl2N2O4S/c1-15-7-16(2)9-20(8-15)31-25(33)13-32-26(34)24(37-27(32)35)11-17-3-6-23(21(28)10-17)36-14-18-4-5-19(29)12-22(18)30/h3-12H,13-14H2,1-2H3,(H,31,33)/b24-11+. The summed E-state index contributed by atoms with van der Waals surface area (Å²) in [5.74, 6) is -0.377. The number of carbonyl (C=O) groups is 3. The highest BCUT2D eigenvalue weighted by Gasteiger charge is 2.36. The number of halogens is 3. The van der Waals surface area contributed by atoms with E-state index in [-0.39, 0.29) is 18.1 Å². The molecule has 6 nitrogen and oxygen atoms in total. The van der Waals surface area contributed by atoms with E-state index in [4.69, 9.17) is 27.9 Å². The van der Waals surface area contributed by atoms with Gasteiger partial charge in [-0.05, 0) is 101 Å². The molecule has 4 rings (SSSR count). The highest BCUT2D eigenvalue weighted by atomic mass is 79.9. The van der Waals surface area contributed by atoms with E-state index < -0.39 is 17.1 Å². The van der Waals surface area contributed by atoms with Crippen LogP contribution in [-0.4, -0.2) is 28.5 Å². The minimum absolute atomic E-state index is 0.234. The molecule has 0 aliphatic carbocycles. The predicted molar refractivity (Wildman–Crippen MR) is 152 cm³/mol. The molecule has 10 heteroatoms. The van der Waals surface area contributed by atoms with E-state index in [1.807, 2.05) is 32.0 Å². The number of nitrogens with zero attached hydrogens (tertiary/aromatic N) is 1. The van der Waals surface area contributed by atoms with Crippen LogP contribution in [0.3, 0.4) is 0 Å². The summed E-state index contributed by atoms with van der Waals surface area (Å²) in [5.41, 5.74) is 4.10. The van der Waals surface area contributed by atoms with Crippen molar-refractivity contribution in [2.75, 3.05) is 11.9 Å². The van der Waals surface area contributed by atoms with Crippen molar-refractivity contribution in [3.05, 3.63) is 96.3 Å². The fourth-order valence-electron chi connectivity index (χ4n) is 3.70. The zero-order valence-corrected chi connectivity index (χ0v) is 23.7. The molecule has 1 N–H and O–H groups in total. The lowest BCUT2D eigenvalue weighted by Crippen LogP contribution is -2.36. The molecule has 3 amide bonds. The third-order valence-electron chi connectivity index (χ3n) is 5.33. The van der Waals surface area contributed by atoms with Crippen LogP contribution in [0.4, 0.5) is 10.5 Å². The maximum atomic E-state index is 12.9. The van der Waals surface area contributed by atoms with Crippen molar-refractivity contribution < 1.29 is 19.1 Å². The molecule has 0 aromatic heterocycles. The van der Waals surface area contributed by atoms with Gasteiger partial charge in [0.05, 0.1) is 9.38 Å². The molecule has 0 saturated carbocycles. The molecule has 1 aliphatic rings. The normalized spacial score (nSPS) is 14.4. The van der Waals surface area contributed by atoms with Gasteiger partial charge in [-0.3, -0.25) is 19.3 Å². The molecule has 0 unspecified atom stereocenters. The van der Waals surface area contributed by atoms with Crippen LogP contribution in [-0.2, 0) is 16.2 Å². The molecule has 37 heavy (non-hydrogen) atoms. The smallest absolute Gasteiger partial charge is 0.294 e. The Labute approximate surface area is 237 Å². The summed E-state index contributed by atoms with van der Waals surface area (Å²) >= 11 is 16.4. The number of nitrogens with one attached hydrogen (secondary N) is 1. The molecule has 190 valence electrons. The maximum Gasteiger partial charge on any atom is 0.294 e. The van der Waals surface area contributed by atoms with Crippen LogP contribution in [0.2, 0.25) is 10.0 Å². The van der Waals surface area contributed by atoms with Crippen LogP contribution in [0, 0.1) is 13.8 Å². The van der Waals surface area contributed by atoms with Crippen LogP contribution in [0.25, 0.3) is 6.08 Å². The number of carbonyl (C=O) groups excluding carboxylic acids is 3. The molecule has 0 bridgehead atoms. The summed E-state index contributed by atoms with van der Waals surface area (Å²) in [6.45, 7) is 3.74. The first-order valence-electron chi connectivity index (χ1n) is 11.1. The Morgan fingerprint density at radius 2 is 1.78 bits per heavy atom. The number of imide groups is 1. The lowest BCUT2D eigenvalue weighted by Gasteiger charge is -2.13. The highest BCUT2D eigenvalue weighted by Crippen LogP contribution is 2.34. The molecule has 3 aromatic rings. The summed E-state index contributed by atoms with van der Waals surface area (Å²) < 4.78 is 6.52. The van der Waals surface area contributed by atoms with Gasteiger partial charge in [0.2, 0.25) is 5.91 Å². The van der Waals surface area contributed by atoms with Gasteiger partial charge < -0.3 is 10.1 Å². The van der Waals surface area contributed by atoms with Crippen molar-refractivity contribution >= 4 is 79.7 Å². The lowest BCUT2D eigenvalue weighted by molar-refractivity contribution is -0.127. The van der Waals surface area contributed by atoms with Gasteiger partial charge in [0.15, 0.2) is 0 Å². The number of hydrogen-bond acceptors (Lipinski definition) is 5. The minimum atomic E-state index is -0.514. The zero-order chi connectivity index (χ0) is 26.7. The number of anilines is 1. The van der Waals surface area contributed by atoms with Crippen molar-refractivity contribution in [1.82, 2.24) is 4.90 Å². The first-order chi connectivity index (χ1) is 17.6. The summed E-state index contributed by atoms with van der Waals surface area (Å²) in [4.78, 5) is 39.0. The summed E-state index contributed by atoms with van der Waals surface area (Å²) in [6.07, 6.45) is 1.61. The molecular weight excluding hydrogens is 599 g/mol. The van der Waals surface area contributed by atoms with Gasteiger partial charge in [0.25, 0.3) is 11.1 Å². The van der Waals surface area contributed by atoms with Crippen molar-refractivity contribution in [3.63, 3.8) is 0 Å². The quantitative estimate of drug-likeness (QED) is 0.275. The van der Waals surface area contributed by atoms with E-state index >= 15 is 0 Å². The van der Waals surface area contributed by atoms with Crippen molar-refractivity contribution in [2.45, 2.75) is 20.5 Å². The van der Waals surface area contributed by atoms with Crippen LogP contribution >= 0.6 is 50.9 Å². The second-order valence-corrected chi connectivity index (χ2v) is 11.1. The first kappa shape index (κ1) is 27.3. The number of aryl methyl sites for hydroxylation is 2. The van der Waals surface area contributed by atoms with E-state index in [1.54, 1.807) is 42.5 Å². The van der Waals surface area contributed by atoms with Gasteiger partial charge in [0, 0.05) is 21.3 Å². The maximum absolute atomic E-state index is 12.9. The average Bonchev–Trinajstić information content (AvgIpc) is 3.06. The molecule has 0 spiro atoms. The molecule has 1 saturated heterocycles.